The van der Waals surface area contributed by atoms with E-state index in [1.165, 1.54) is 12.1 Å². The zero-order valence-electron chi connectivity index (χ0n) is 12.3. The first kappa shape index (κ1) is 15.0. The number of nitrogens with zero attached hydrogens (tertiary/aromatic N) is 3. The van der Waals surface area contributed by atoms with Gasteiger partial charge in [-0.2, -0.15) is 5.26 Å². The van der Waals surface area contributed by atoms with E-state index in [1.807, 2.05) is 6.07 Å². The summed E-state index contributed by atoms with van der Waals surface area (Å²) in [5, 5.41) is 8.87. The lowest BCUT2D eigenvalue weighted by molar-refractivity contribution is 0.117. The molecule has 0 amide bonds. The van der Waals surface area contributed by atoms with E-state index in [9.17, 15) is 4.39 Å². The maximum absolute atomic E-state index is 13.4. The average Bonchev–Trinajstić information content (AvgIpc) is 2.39. The van der Waals surface area contributed by atoms with Crippen molar-refractivity contribution < 1.29 is 4.39 Å². The number of hydrogen-bond acceptors (Lipinski definition) is 3. The Morgan fingerprint density at radius 2 is 1.80 bits per heavy atom. The van der Waals surface area contributed by atoms with Crippen LogP contribution in [0.3, 0.4) is 0 Å². The second-order valence-corrected chi connectivity index (χ2v) is 5.93. The third-order valence-corrected chi connectivity index (χ3v) is 3.58. The zero-order chi connectivity index (χ0) is 14.5. The highest BCUT2D eigenvalue weighted by Gasteiger charge is 2.17. The lowest BCUT2D eigenvalue weighted by Crippen LogP contribution is -2.46. The van der Waals surface area contributed by atoms with Gasteiger partial charge in [-0.05, 0) is 29.7 Å². The predicted octanol–water partition coefficient (Wildman–Crippen LogP) is 2.47. The Kier molecular flexibility index (Phi) is 5.11. The molecule has 1 aliphatic heterocycles. The summed E-state index contributed by atoms with van der Waals surface area (Å²) in [7, 11) is 0. The Balaban J connectivity index is 1.90. The lowest BCUT2D eigenvalue weighted by Gasteiger charge is -2.35. The Morgan fingerprint density at radius 3 is 2.40 bits per heavy atom. The van der Waals surface area contributed by atoms with Crippen LogP contribution in [0, 0.1) is 23.1 Å². The van der Waals surface area contributed by atoms with Crippen LogP contribution >= 0.6 is 0 Å². The smallest absolute Gasteiger partial charge is 0.124 e. The van der Waals surface area contributed by atoms with Gasteiger partial charge in [-0.3, -0.25) is 4.90 Å². The Bertz CT molecular complexity index is 485. The normalized spacial score (nSPS) is 17.4. The first-order valence-electron chi connectivity index (χ1n) is 7.21. The Morgan fingerprint density at radius 1 is 1.15 bits per heavy atom. The van der Waals surface area contributed by atoms with Crippen LogP contribution in [-0.4, -0.2) is 42.5 Å². The number of benzene rings is 1. The van der Waals surface area contributed by atoms with Gasteiger partial charge in [0.1, 0.15) is 5.82 Å². The average molecular weight is 275 g/mol. The molecular formula is C16H22FN3. The van der Waals surface area contributed by atoms with Crippen LogP contribution in [0.15, 0.2) is 18.2 Å². The summed E-state index contributed by atoms with van der Waals surface area (Å²) >= 11 is 0. The van der Waals surface area contributed by atoms with Crippen molar-refractivity contribution >= 4 is 0 Å². The summed E-state index contributed by atoms with van der Waals surface area (Å²) in [6.45, 7) is 10.5. The van der Waals surface area contributed by atoms with E-state index in [0.717, 1.165) is 44.8 Å². The summed E-state index contributed by atoms with van der Waals surface area (Å²) < 4.78 is 13.4. The molecule has 0 saturated carbocycles. The first-order chi connectivity index (χ1) is 9.56. The quantitative estimate of drug-likeness (QED) is 0.845. The standard InChI is InChI=1S/C16H22FN3/c1-13(2)11-19-3-5-20(6-4-19)12-15-7-14(10-18)8-16(17)9-15/h7-9,13H,3-6,11-12H2,1-2H3. The van der Waals surface area contributed by atoms with Crippen molar-refractivity contribution in [2.45, 2.75) is 20.4 Å². The van der Waals surface area contributed by atoms with Gasteiger partial charge >= 0.3 is 0 Å². The van der Waals surface area contributed by atoms with E-state index in [-0.39, 0.29) is 5.82 Å². The molecule has 1 fully saturated rings. The molecule has 0 aliphatic carbocycles. The van der Waals surface area contributed by atoms with Crippen LogP contribution in [0.25, 0.3) is 0 Å². The van der Waals surface area contributed by atoms with Crippen molar-refractivity contribution in [2.24, 2.45) is 5.92 Å². The lowest BCUT2D eigenvalue weighted by atomic mass is 10.1. The fourth-order valence-corrected chi connectivity index (χ4v) is 2.71. The molecule has 1 heterocycles. The zero-order valence-corrected chi connectivity index (χ0v) is 12.3. The van der Waals surface area contributed by atoms with Crippen LogP contribution in [0.1, 0.15) is 25.0 Å². The largest absolute Gasteiger partial charge is 0.301 e. The fraction of sp³-hybridized carbons (Fsp3) is 0.562. The van der Waals surface area contributed by atoms with E-state index < -0.39 is 0 Å². The maximum Gasteiger partial charge on any atom is 0.124 e. The number of piperazine rings is 1. The summed E-state index contributed by atoms with van der Waals surface area (Å²) in [5.41, 5.74) is 1.29. The number of halogens is 1. The molecule has 1 aromatic carbocycles. The molecule has 0 atom stereocenters. The minimum Gasteiger partial charge on any atom is -0.301 e. The summed E-state index contributed by atoms with van der Waals surface area (Å²) in [4.78, 5) is 4.81. The van der Waals surface area contributed by atoms with Crippen LogP contribution in [0.4, 0.5) is 4.39 Å². The first-order valence-corrected chi connectivity index (χ1v) is 7.21. The van der Waals surface area contributed by atoms with Gasteiger partial charge < -0.3 is 4.90 Å². The SMILES string of the molecule is CC(C)CN1CCN(Cc2cc(F)cc(C#N)c2)CC1. The van der Waals surface area contributed by atoms with Gasteiger partial charge in [0.25, 0.3) is 0 Å². The molecule has 1 saturated heterocycles. The second-order valence-electron chi connectivity index (χ2n) is 5.93. The molecule has 1 aromatic rings. The topological polar surface area (TPSA) is 30.3 Å². The fourth-order valence-electron chi connectivity index (χ4n) is 2.71. The molecule has 0 unspecified atom stereocenters. The van der Waals surface area contributed by atoms with E-state index in [0.29, 0.717) is 11.5 Å². The van der Waals surface area contributed by atoms with Gasteiger partial charge in [0.2, 0.25) is 0 Å². The van der Waals surface area contributed by atoms with Crippen LogP contribution in [0.2, 0.25) is 0 Å². The van der Waals surface area contributed by atoms with E-state index >= 15 is 0 Å². The van der Waals surface area contributed by atoms with Crippen molar-refractivity contribution in [3.8, 4) is 6.07 Å². The molecule has 2 rings (SSSR count). The third-order valence-electron chi connectivity index (χ3n) is 3.58. The maximum atomic E-state index is 13.4. The summed E-state index contributed by atoms with van der Waals surface area (Å²) in [6, 6.07) is 6.60. The highest BCUT2D eigenvalue weighted by molar-refractivity contribution is 5.33. The van der Waals surface area contributed by atoms with Crippen LogP contribution in [-0.2, 0) is 6.54 Å². The van der Waals surface area contributed by atoms with Crippen molar-refractivity contribution in [3.63, 3.8) is 0 Å². The van der Waals surface area contributed by atoms with E-state index in [1.54, 1.807) is 6.07 Å². The number of nitriles is 1. The molecule has 0 N–H and O–H groups in total. The van der Waals surface area contributed by atoms with Gasteiger partial charge in [0.05, 0.1) is 11.6 Å². The minimum absolute atomic E-state index is 0.322. The Hall–Kier alpha value is -1.44. The number of rotatable bonds is 4. The molecule has 0 bridgehead atoms. The van der Waals surface area contributed by atoms with E-state index in [2.05, 4.69) is 23.6 Å². The van der Waals surface area contributed by atoms with Crippen molar-refractivity contribution in [1.29, 1.82) is 5.26 Å². The highest BCUT2D eigenvalue weighted by Crippen LogP contribution is 2.13. The minimum atomic E-state index is -0.322. The van der Waals surface area contributed by atoms with Gasteiger partial charge in [0.15, 0.2) is 0 Å². The van der Waals surface area contributed by atoms with Crippen molar-refractivity contribution in [3.05, 3.63) is 35.1 Å². The molecule has 3 nitrogen and oxygen atoms in total. The number of hydrogen-bond donors (Lipinski definition) is 0. The van der Waals surface area contributed by atoms with E-state index in [4.69, 9.17) is 5.26 Å². The molecule has 0 spiro atoms. The molecule has 4 heteroatoms. The molecule has 1 aliphatic rings. The van der Waals surface area contributed by atoms with Crippen molar-refractivity contribution in [1.82, 2.24) is 9.80 Å². The molecule has 0 radical (unpaired) electrons. The van der Waals surface area contributed by atoms with Gasteiger partial charge in [-0.1, -0.05) is 13.8 Å². The molecule has 108 valence electrons. The monoisotopic (exact) mass is 275 g/mol. The van der Waals surface area contributed by atoms with Gasteiger partial charge in [-0.15, -0.1) is 0 Å². The van der Waals surface area contributed by atoms with Gasteiger partial charge in [-0.25, -0.2) is 4.39 Å². The van der Waals surface area contributed by atoms with Gasteiger partial charge in [0, 0.05) is 39.3 Å². The van der Waals surface area contributed by atoms with Crippen molar-refractivity contribution in [2.75, 3.05) is 32.7 Å². The van der Waals surface area contributed by atoms with Crippen LogP contribution in [0.5, 0.6) is 0 Å². The Labute approximate surface area is 120 Å². The molecule has 0 aromatic heterocycles. The summed E-state index contributed by atoms with van der Waals surface area (Å²) in [6.07, 6.45) is 0. The molecular weight excluding hydrogens is 253 g/mol. The molecule has 20 heavy (non-hydrogen) atoms. The third kappa shape index (κ3) is 4.29. The summed E-state index contributed by atoms with van der Waals surface area (Å²) in [5.74, 6) is 0.375. The highest BCUT2D eigenvalue weighted by atomic mass is 19.1. The van der Waals surface area contributed by atoms with Crippen LogP contribution < -0.4 is 0 Å². The second kappa shape index (κ2) is 6.83. The predicted molar refractivity (Wildman–Crippen MR) is 77.7 cm³/mol.